The van der Waals surface area contributed by atoms with Gasteiger partial charge >= 0.3 is 0 Å². The molecule has 0 aromatic heterocycles. The SMILES string of the molecule is CCS(=O)(=O)CCC(CNC1CC1)c1ccc(C)cc1. The lowest BCUT2D eigenvalue weighted by atomic mass is 9.95. The summed E-state index contributed by atoms with van der Waals surface area (Å²) in [5.41, 5.74) is 2.49. The van der Waals surface area contributed by atoms with Crippen LogP contribution in [0.4, 0.5) is 0 Å². The fourth-order valence-electron chi connectivity index (χ4n) is 2.29. The van der Waals surface area contributed by atoms with Crippen LogP contribution in [-0.4, -0.2) is 32.5 Å². The van der Waals surface area contributed by atoms with Gasteiger partial charge in [-0.1, -0.05) is 36.8 Å². The van der Waals surface area contributed by atoms with Gasteiger partial charge in [-0.2, -0.15) is 0 Å². The molecule has 2 rings (SSSR count). The van der Waals surface area contributed by atoms with E-state index in [2.05, 4.69) is 36.5 Å². The zero-order valence-electron chi connectivity index (χ0n) is 12.4. The van der Waals surface area contributed by atoms with Crippen LogP contribution >= 0.6 is 0 Å². The lowest BCUT2D eigenvalue weighted by Crippen LogP contribution is -2.25. The molecule has 4 heteroatoms. The Balaban J connectivity index is 2.00. The van der Waals surface area contributed by atoms with Crippen molar-refractivity contribution < 1.29 is 8.42 Å². The van der Waals surface area contributed by atoms with Crippen LogP contribution in [0.2, 0.25) is 0 Å². The molecule has 20 heavy (non-hydrogen) atoms. The van der Waals surface area contributed by atoms with E-state index in [9.17, 15) is 8.42 Å². The van der Waals surface area contributed by atoms with Crippen LogP contribution in [0.1, 0.15) is 43.2 Å². The fraction of sp³-hybridized carbons (Fsp3) is 0.625. The molecule has 1 unspecified atom stereocenters. The highest BCUT2D eigenvalue weighted by molar-refractivity contribution is 7.91. The topological polar surface area (TPSA) is 46.2 Å². The van der Waals surface area contributed by atoms with E-state index in [0.29, 0.717) is 12.5 Å². The second-order valence-electron chi connectivity index (χ2n) is 5.82. The van der Waals surface area contributed by atoms with Gasteiger partial charge in [-0.15, -0.1) is 0 Å². The molecule has 1 aliphatic carbocycles. The van der Waals surface area contributed by atoms with Crippen molar-refractivity contribution in [2.45, 2.75) is 45.1 Å². The molecule has 1 atom stereocenters. The van der Waals surface area contributed by atoms with E-state index in [1.165, 1.54) is 24.0 Å². The minimum atomic E-state index is -2.88. The van der Waals surface area contributed by atoms with Crippen LogP contribution in [0, 0.1) is 6.92 Å². The van der Waals surface area contributed by atoms with Gasteiger partial charge in [0.25, 0.3) is 0 Å². The first-order valence-electron chi connectivity index (χ1n) is 7.50. The average molecular weight is 295 g/mol. The van der Waals surface area contributed by atoms with Gasteiger partial charge in [0.2, 0.25) is 0 Å². The number of sulfone groups is 1. The van der Waals surface area contributed by atoms with Crippen LogP contribution in [0.15, 0.2) is 24.3 Å². The second kappa shape index (κ2) is 6.72. The van der Waals surface area contributed by atoms with E-state index in [4.69, 9.17) is 0 Å². The summed E-state index contributed by atoms with van der Waals surface area (Å²) in [6.45, 7) is 4.68. The third-order valence-electron chi connectivity index (χ3n) is 4.00. The minimum Gasteiger partial charge on any atom is -0.313 e. The quantitative estimate of drug-likeness (QED) is 0.802. The first-order chi connectivity index (χ1) is 9.50. The maximum absolute atomic E-state index is 11.7. The highest BCUT2D eigenvalue weighted by Crippen LogP contribution is 2.24. The number of benzene rings is 1. The Bertz CT molecular complexity index is 518. The summed E-state index contributed by atoms with van der Waals surface area (Å²) in [7, 11) is -2.88. The van der Waals surface area contributed by atoms with Crippen molar-refractivity contribution in [2.75, 3.05) is 18.1 Å². The largest absolute Gasteiger partial charge is 0.313 e. The Morgan fingerprint density at radius 2 is 1.90 bits per heavy atom. The van der Waals surface area contributed by atoms with E-state index >= 15 is 0 Å². The van der Waals surface area contributed by atoms with Crippen molar-refractivity contribution in [2.24, 2.45) is 0 Å². The number of hydrogen-bond acceptors (Lipinski definition) is 3. The summed E-state index contributed by atoms with van der Waals surface area (Å²) in [4.78, 5) is 0. The predicted molar refractivity (Wildman–Crippen MR) is 83.9 cm³/mol. The maximum Gasteiger partial charge on any atom is 0.150 e. The molecule has 1 N–H and O–H groups in total. The third-order valence-corrected chi connectivity index (χ3v) is 5.73. The van der Waals surface area contributed by atoms with Gasteiger partial charge in [-0.05, 0) is 37.7 Å². The van der Waals surface area contributed by atoms with Gasteiger partial charge < -0.3 is 5.32 Å². The number of nitrogens with one attached hydrogen (secondary N) is 1. The third kappa shape index (κ3) is 4.91. The molecule has 112 valence electrons. The van der Waals surface area contributed by atoms with E-state index in [0.717, 1.165) is 6.54 Å². The van der Waals surface area contributed by atoms with Gasteiger partial charge in [-0.3, -0.25) is 0 Å². The standard InChI is InChI=1S/C16H25NO2S/c1-3-20(18,19)11-10-15(12-17-16-8-9-16)14-6-4-13(2)5-7-14/h4-7,15-17H,3,8-12H2,1-2H3. The van der Waals surface area contributed by atoms with Gasteiger partial charge in [0, 0.05) is 18.3 Å². The Morgan fingerprint density at radius 1 is 1.25 bits per heavy atom. The summed E-state index contributed by atoms with van der Waals surface area (Å²) in [6.07, 6.45) is 3.22. The molecular formula is C16H25NO2S. The van der Waals surface area contributed by atoms with E-state index < -0.39 is 9.84 Å². The molecule has 1 aromatic carbocycles. The zero-order chi connectivity index (χ0) is 14.6. The highest BCUT2D eigenvalue weighted by atomic mass is 32.2. The fourth-order valence-corrected chi connectivity index (χ4v) is 3.22. The van der Waals surface area contributed by atoms with E-state index in [-0.39, 0.29) is 17.4 Å². The van der Waals surface area contributed by atoms with Gasteiger partial charge in [0.15, 0.2) is 0 Å². The molecule has 0 bridgehead atoms. The molecule has 1 aromatic rings. The predicted octanol–water partition coefficient (Wildman–Crippen LogP) is 2.66. The molecule has 0 spiro atoms. The average Bonchev–Trinajstić information content (AvgIpc) is 3.24. The van der Waals surface area contributed by atoms with E-state index in [1.54, 1.807) is 6.92 Å². The molecule has 0 amide bonds. The Hall–Kier alpha value is -0.870. The van der Waals surface area contributed by atoms with E-state index in [1.807, 2.05) is 0 Å². The summed E-state index contributed by atoms with van der Waals surface area (Å²) >= 11 is 0. The molecule has 3 nitrogen and oxygen atoms in total. The second-order valence-corrected chi connectivity index (χ2v) is 8.29. The van der Waals surface area contributed by atoms with Gasteiger partial charge in [0.1, 0.15) is 9.84 Å². The maximum atomic E-state index is 11.7. The molecule has 0 radical (unpaired) electrons. The van der Waals surface area contributed by atoms with Crippen molar-refractivity contribution in [3.63, 3.8) is 0 Å². The van der Waals surface area contributed by atoms with Crippen LogP contribution < -0.4 is 5.32 Å². The van der Waals surface area contributed by atoms with Gasteiger partial charge in [-0.25, -0.2) is 8.42 Å². The van der Waals surface area contributed by atoms with Crippen LogP contribution in [0.5, 0.6) is 0 Å². The molecule has 1 fully saturated rings. The number of aryl methyl sites for hydroxylation is 1. The summed E-state index contributed by atoms with van der Waals surface area (Å²) in [6, 6.07) is 9.13. The van der Waals surface area contributed by atoms with Crippen LogP contribution in [-0.2, 0) is 9.84 Å². The Morgan fingerprint density at radius 3 is 2.45 bits per heavy atom. The zero-order valence-corrected chi connectivity index (χ0v) is 13.2. The number of rotatable bonds is 8. The number of hydrogen-bond donors (Lipinski definition) is 1. The molecule has 0 heterocycles. The van der Waals surface area contributed by atoms with Crippen molar-refractivity contribution in [3.05, 3.63) is 35.4 Å². The Kier molecular flexibility index (Phi) is 5.22. The van der Waals surface area contributed by atoms with Crippen LogP contribution in [0.3, 0.4) is 0 Å². The van der Waals surface area contributed by atoms with Gasteiger partial charge in [0.05, 0.1) is 5.75 Å². The Labute approximate surface area is 122 Å². The van der Waals surface area contributed by atoms with Crippen LogP contribution in [0.25, 0.3) is 0 Å². The molecule has 0 aliphatic heterocycles. The summed E-state index contributed by atoms with van der Waals surface area (Å²) in [5, 5.41) is 3.53. The lowest BCUT2D eigenvalue weighted by Gasteiger charge is -2.18. The molecular weight excluding hydrogens is 270 g/mol. The lowest BCUT2D eigenvalue weighted by molar-refractivity contribution is 0.554. The van der Waals surface area contributed by atoms with Crippen molar-refractivity contribution >= 4 is 9.84 Å². The smallest absolute Gasteiger partial charge is 0.150 e. The van der Waals surface area contributed by atoms with Crippen molar-refractivity contribution in [1.29, 1.82) is 0 Å². The molecule has 1 aliphatic rings. The normalized spacial score (nSPS) is 17.1. The van der Waals surface area contributed by atoms with Crippen molar-refractivity contribution in [3.8, 4) is 0 Å². The van der Waals surface area contributed by atoms with Crippen molar-refractivity contribution in [1.82, 2.24) is 5.32 Å². The molecule has 1 saturated carbocycles. The molecule has 0 saturated heterocycles. The monoisotopic (exact) mass is 295 g/mol. The summed E-state index contributed by atoms with van der Waals surface area (Å²) in [5.74, 6) is 0.815. The highest BCUT2D eigenvalue weighted by Gasteiger charge is 2.23. The minimum absolute atomic E-state index is 0.240. The first-order valence-corrected chi connectivity index (χ1v) is 9.32. The summed E-state index contributed by atoms with van der Waals surface area (Å²) < 4.78 is 23.4. The first kappa shape index (κ1) is 15.5.